The lowest BCUT2D eigenvalue weighted by molar-refractivity contribution is 0.776. The van der Waals surface area contributed by atoms with Crippen molar-refractivity contribution in [3.05, 3.63) is 53.2 Å². The van der Waals surface area contributed by atoms with Crippen molar-refractivity contribution >= 4 is 5.82 Å². The Morgan fingerprint density at radius 2 is 1.76 bits per heavy atom. The number of anilines is 1. The highest BCUT2D eigenvalue weighted by Crippen LogP contribution is 2.16. The predicted molar refractivity (Wildman–Crippen MR) is 84.1 cm³/mol. The number of nitrogens with zero attached hydrogens (tertiary/aromatic N) is 3. The quantitative estimate of drug-likeness (QED) is 0.910. The van der Waals surface area contributed by atoms with Crippen LogP contribution >= 0.6 is 0 Å². The first-order valence-corrected chi connectivity index (χ1v) is 7.17. The summed E-state index contributed by atoms with van der Waals surface area (Å²) >= 11 is 0. The van der Waals surface area contributed by atoms with Crippen LogP contribution in [0.5, 0.6) is 0 Å². The van der Waals surface area contributed by atoms with Crippen LogP contribution in [0.1, 0.15) is 43.5 Å². The molecule has 4 heteroatoms. The zero-order valence-electron chi connectivity index (χ0n) is 12.7. The van der Waals surface area contributed by atoms with E-state index in [-0.39, 0.29) is 6.04 Å². The molecule has 4 nitrogen and oxygen atoms in total. The molecule has 108 valence electrons. The summed E-state index contributed by atoms with van der Waals surface area (Å²) in [7, 11) is 0. The summed E-state index contributed by atoms with van der Waals surface area (Å²) < 4.78 is 0. The third-order valence-electron chi connectivity index (χ3n) is 3.36. The Morgan fingerprint density at radius 1 is 1.05 bits per heavy atom. The van der Waals surface area contributed by atoms with E-state index in [2.05, 4.69) is 60.6 Å². The average Bonchev–Trinajstić information content (AvgIpc) is 2.48. The van der Waals surface area contributed by atoms with Crippen molar-refractivity contribution in [2.75, 3.05) is 5.32 Å². The second kappa shape index (κ2) is 6.85. The topological polar surface area (TPSA) is 61.6 Å². The van der Waals surface area contributed by atoms with Crippen molar-refractivity contribution in [1.29, 1.82) is 5.26 Å². The molecule has 1 atom stereocenters. The third-order valence-corrected chi connectivity index (χ3v) is 3.36. The van der Waals surface area contributed by atoms with E-state index in [1.54, 1.807) is 12.1 Å². The summed E-state index contributed by atoms with van der Waals surface area (Å²) in [6, 6.07) is 14.4. The minimum atomic E-state index is 0.247. The molecule has 0 aliphatic carbocycles. The molecule has 1 heterocycles. The molecule has 0 radical (unpaired) electrons. The Labute approximate surface area is 125 Å². The summed E-state index contributed by atoms with van der Waals surface area (Å²) in [6.45, 7) is 6.50. The van der Waals surface area contributed by atoms with Crippen LogP contribution in [0.25, 0.3) is 0 Å². The molecule has 0 aliphatic rings. The van der Waals surface area contributed by atoms with Gasteiger partial charge in [0.15, 0.2) is 5.69 Å². The van der Waals surface area contributed by atoms with Gasteiger partial charge in [0, 0.05) is 6.04 Å². The Balaban J connectivity index is 1.94. The fraction of sp³-hybridized carbons (Fsp3) is 0.353. The number of hydrogen-bond acceptors (Lipinski definition) is 4. The molecule has 2 aromatic rings. The van der Waals surface area contributed by atoms with Gasteiger partial charge in [0.2, 0.25) is 0 Å². The maximum absolute atomic E-state index is 8.69. The van der Waals surface area contributed by atoms with E-state index in [0.29, 0.717) is 17.4 Å². The van der Waals surface area contributed by atoms with Gasteiger partial charge >= 0.3 is 0 Å². The van der Waals surface area contributed by atoms with E-state index in [4.69, 9.17) is 5.26 Å². The van der Waals surface area contributed by atoms with Crippen LogP contribution in [0.15, 0.2) is 36.4 Å². The van der Waals surface area contributed by atoms with Crippen LogP contribution in [-0.2, 0) is 6.42 Å². The molecule has 0 saturated carbocycles. The van der Waals surface area contributed by atoms with Gasteiger partial charge in [0.05, 0.1) is 0 Å². The lowest BCUT2D eigenvalue weighted by Gasteiger charge is -2.14. The van der Waals surface area contributed by atoms with E-state index >= 15 is 0 Å². The second-order valence-corrected chi connectivity index (χ2v) is 5.56. The molecule has 0 bridgehead atoms. The maximum Gasteiger partial charge on any atom is 0.163 e. The Bertz CT molecular complexity index is 609. The molecule has 2 rings (SSSR count). The van der Waals surface area contributed by atoms with Crippen LogP contribution in [0.2, 0.25) is 0 Å². The summed E-state index contributed by atoms with van der Waals surface area (Å²) in [5.41, 5.74) is 2.98. The van der Waals surface area contributed by atoms with Crippen molar-refractivity contribution in [2.45, 2.75) is 39.2 Å². The van der Waals surface area contributed by atoms with Gasteiger partial charge in [-0.3, -0.25) is 0 Å². The highest BCUT2D eigenvalue weighted by molar-refractivity contribution is 5.37. The maximum atomic E-state index is 8.69. The SMILES string of the molecule is CC(C)c1ccc(C[C@H](C)Nc2ccc(C#N)nn2)cc1. The lowest BCUT2D eigenvalue weighted by atomic mass is 9.99. The molecule has 0 amide bonds. The number of benzene rings is 1. The number of hydrogen-bond donors (Lipinski definition) is 1. The van der Waals surface area contributed by atoms with Crippen LogP contribution < -0.4 is 5.32 Å². The van der Waals surface area contributed by atoms with E-state index < -0.39 is 0 Å². The highest BCUT2D eigenvalue weighted by Gasteiger charge is 2.06. The molecule has 0 spiro atoms. The van der Waals surface area contributed by atoms with Crippen molar-refractivity contribution in [2.24, 2.45) is 0 Å². The molecule has 1 aromatic heterocycles. The average molecular weight is 280 g/mol. The van der Waals surface area contributed by atoms with E-state index in [1.165, 1.54) is 11.1 Å². The zero-order chi connectivity index (χ0) is 15.2. The first-order valence-electron chi connectivity index (χ1n) is 7.17. The summed E-state index contributed by atoms with van der Waals surface area (Å²) in [5.74, 6) is 1.25. The van der Waals surface area contributed by atoms with Gasteiger partial charge in [0.1, 0.15) is 11.9 Å². The lowest BCUT2D eigenvalue weighted by Crippen LogP contribution is -2.19. The zero-order valence-corrected chi connectivity index (χ0v) is 12.7. The third kappa shape index (κ3) is 4.28. The number of rotatable bonds is 5. The predicted octanol–water partition coefficient (Wildman–Crippen LogP) is 3.51. The van der Waals surface area contributed by atoms with Crippen molar-refractivity contribution in [3.63, 3.8) is 0 Å². The first-order chi connectivity index (χ1) is 10.1. The standard InChI is InChI=1S/C17H20N4/c1-12(2)15-6-4-14(5-7-15)10-13(3)19-17-9-8-16(11-18)20-21-17/h4-9,12-13H,10H2,1-3H3,(H,19,21)/t13-/m0/s1. The summed E-state index contributed by atoms with van der Waals surface area (Å²) in [4.78, 5) is 0. The second-order valence-electron chi connectivity index (χ2n) is 5.56. The monoisotopic (exact) mass is 280 g/mol. The van der Waals surface area contributed by atoms with E-state index in [1.807, 2.05) is 6.07 Å². The van der Waals surface area contributed by atoms with E-state index in [9.17, 15) is 0 Å². The van der Waals surface area contributed by atoms with Crippen molar-refractivity contribution in [1.82, 2.24) is 10.2 Å². The molecule has 0 saturated heterocycles. The molecule has 0 fully saturated rings. The van der Waals surface area contributed by atoms with Gasteiger partial charge in [-0.15, -0.1) is 10.2 Å². The van der Waals surface area contributed by atoms with Crippen molar-refractivity contribution in [3.8, 4) is 6.07 Å². The first kappa shape index (κ1) is 15.0. The van der Waals surface area contributed by atoms with Crippen LogP contribution in [0, 0.1) is 11.3 Å². The Morgan fingerprint density at radius 3 is 2.29 bits per heavy atom. The minimum absolute atomic E-state index is 0.247. The van der Waals surface area contributed by atoms with Crippen LogP contribution in [-0.4, -0.2) is 16.2 Å². The number of nitriles is 1. The largest absolute Gasteiger partial charge is 0.366 e. The Kier molecular flexibility index (Phi) is 4.89. The van der Waals surface area contributed by atoms with E-state index in [0.717, 1.165) is 6.42 Å². The Hall–Kier alpha value is -2.41. The van der Waals surface area contributed by atoms with Gasteiger partial charge in [-0.2, -0.15) is 5.26 Å². The van der Waals surface area contributed by atoms with Gasteiger partial charge in [-0.25, -0.2) is 0 Å². The molecule has 0 aliphatic heterocycles. The smallest absolute Gasteiger partial charge is 0.163 e. The molecular formula is C17H20N4. The number of aromatic nitrogens is 2. The van der Waals surface area contributed by atoms with Gasteiger partial charge in [0.25, 0.3) is 0 Å². The molecule has 0 unspecified atom stereocenters. The van der Waals surface area contributed by atoms with Gasteiger partial charge in [-0.05, 0) is 42.5 Å². The number of nitrogens with one attached hydrogen (secondary N) is 1. The summed E-state index contributed by atoms with van der Waals surface area (Å²) in [6.07, 6.45) is 0.917. The fourth-order valence-electron chi connectivity index (χ4n) is 2.16. The summed E-state index contributed by atoms with van der Waals surface area (Å²) in [5, 5.41) is 19.8. The highest BCUT2D eigenvalue weighted by atomic mass is 15.2. The van der Waals surface area contributed by atoms with Crippen LogP contribution in [0.4, 0.5) is 5.82 Å². The van der Waals surface area contributed by atoms with Gasteiger partial charge in [-0.1, -0.05) is 38.1 Å². The molecule has 1 N–H and O–H groups in total. The normalized spacial score (nSPS) is 12.0. The van der Waals surface area contributed by atoms with Crippen LogP contribution in [0.3, 0.4) is 0 Å². The minimum Gasteiger partial charge on any atom is -0.366 e. The molecule has 1 aromatic carbocycles. The fourth-order valence-corrected chi connectivity index (χ4v) is 2.16. The molecule has 21 heavy (non-hydrogen) atoms. The van der Waals surface area contributed by atoms with Gasteiger partial charge < -0.3 is 5.32 Å². The molecular weight excluding hydrogens is 260 g/mol. The van der Waals surface area contributed by atoms with Crippen molar-refractivity contribution < 1.29 is 0 Å².